The zero-order valence-corrected chi connectivity index (χ0v) is 35.2. The van der Waals surface area contributed by atoms with Crippen LogP contribution in [0.2, 0.25) is 0 Å². The van der Waals surface area contributed by atoms with Crippen LogP contribution in [0, 0.1) is 42.5 Å². The summed E-state index contributed by atoms with van der Waals surface area (Å²) in [4.78, 5) is 0. The van der Waals surface area contributed by atoms with Crippen LogP contribution < -0.4 is 0 Å². The Labute approximate surface area is 315 Å². The van der Waals surface area contributed by atoms with Crippen LogP contribution in [0.1, 0.15) is 73.9 Å². The van der Waals surface area contributed by atoms with Gasteiger partial charge in [-0.15, -0.1) is 87.3 Å². The Hall–Kier alpha value is -2.22. The van der Waals surface area contributed by atoms with Gasteiger partial charge in [-0.25, -0.2) is 0 Å². The van der Waals surface area contributed by atoms with E-state index in [0.29, 0.717) is 5.92 Å². The zero-order chi connectivity index (χ0) is 31.5. The van der Waals surface area contributed by atoms with Gasteiger partial charge in [-0.1, -0.05) is 131 Å². The van der Waals surface area contributed by atoms with Gasteiger partial charge in [-0.2, -0.15) is 12.1 Å². The molecule has 0 unspecified atom stereocenters. The van der Waals surface area contributed by atoms with Crippen molar-refractivity contribution in [1.82, 2.24) is 0 Å². The molecule has 6 rings (SSSR count). The maximum absolute atomic E-state index is 3.06. The Morgan fingerprint density at radius 2 is 1.23 bits per heavy atom. The molecule has 0 bridgehead atoms. The molecule has 47 heavy (non-hydrogen) atoms. The van der Waals surface area contributed by atoms with Crippen LogP contribution in [0.5, 0.6) is 0 Å². The van der Waals surface area contributed by atoms with Gasteiger partial charge in [0.1, 0.15) is 0 Å². The van der Waals surface area contributed by atoms with Crippen molar-refractivity contribution >= 4 is 53.2 Å². The maximum atomic E-state index is 3.06. The molecule has 0 saturated heterocycles. The quantitative estimate of drug-likeness (QED) is 0.125. The molecular weight excluding hydrogens is 707 g/mol. The van der Waals surface area contributed by atoms with Crippen molar-refractivity contribution in [3.05, 3.63) is 145 Å². The topological polar surface area (TPSA) is 0 Å². The number of hydrogen-bond donors (Lipinski definition) is 0. The van der Waals surface area contributed by atoms with E-state index in [1.54, 1.807) is 0 Å². The summed E-state index contributed by atoms with van der Waals surface area (Å²) in [5, 5.41) is 5.51. The molecule has 0 heterocycles. The Balaban J connectivity index is 0.000000807. The summed E-state index contributed by atoms with van der Waals surface area (Å²) in [6.07, 6.45) is 0. The minimum absolute atomic E-state index is 0. The van der Waals surface area contributed by atoms with Gasteiger partial charge in [-0.05, 0) is 41.9 Å². The monoisotopic (exact) mass is 756 g/mol. The van der Waals surface area contributed by atoms with E-state index in [0.717, 1.165) is 0 Å². The zero-order valence-electron chi connectivity index (χ0n) is 30.1. The normalized spacial score (nSPS) is 10.3. The number of aryl methyl sites for hydroxylation is 2. The number of halogens is 2. The van der Waals surface area contributed by atoms with Crippen molar-refractivity contribution < 1.29 is 23.3 Å². The van der Waals surface area contributed by atoms with Crippen LogP contribution in [0.3, 0.4) is 0 Å². The summed E-state index contributed by atoms with van der Waals surface area (Å²) in [5.74, 6) is 0.584. The van der Waals surface area contributed by atoms with Crippen LogP contribution in [0.15, 0.2) is 97.1 Å². The molecule has 6 aromatic carbocycles. The van der Waals surface area contributed by atoms with E-state index >= 15 is 0 Å². The fourth-order valence-corrected chi connectivity index (χ4v) is 6.01. The summed E-state index contributed by atoms with van der Waals surface area (Å²) in [7, 11) is 0. The van der Waals surface area contributed by atoms with E-state index < -0.39 is 0 Å². The van der Waals surface area contributed by atoms with Crippen molar-refractivity contribution in [3.8, 4) is 22.3 Å². The van der Waals surface area contributed by atoms with E-state index in [9.17, 15) is 0 Å². The first kappa shape index (κ1) is 44.8. The predicted octanol–water partition coefficient (Wildman–Crippen LogP) is 13.5. The van der Waals surface area contributed by atoms with Crippen LogP contribution in [0.25, 0.3) is 43.8 Å². The third-order valence-electron chi connectivity index (χ3n) is 8.77. The second kappa shape index (κ2) is 19.1. The second-order valence-electron chi connectivity index (χ2n) is 13.1. The molecule has 0 N–H and O–H groups in total. The van der Waals surface area contributed by atoms with Crippen LogP contribution >= 0.6 is 24.8 Å². The van der Waals surface area contributed by atoms with Crippen molar-refractivity contribution in [1.29, 1.82) is 0 Å². The van der Waals surface area contributed by atoms with Gasteiger partial charge < -0.3 is 14.9 Å². The summed E-state index contributed by atoms with van der Waals surface area (Å²) in [6.45, 7) is 23.3. The Bertz CT molecular complexity index is 1840. The minimum atomic E-state index is 0. The summed E-state index contributed by atoms with van der Waals surface area (Å²) < 4.78 is 0. The average Bonchev–Trinajstić information content (AvgIpc) is 3.62. The standard InChI is InChI=1S/C23H27.C18H17.2CH3.2ClH.Si.Zr/c1-14-12-20-16(3)15(2)17(4)22(21(20)13-14)18-8-10-19(11-9-18)23(5,6)7;1-13(2)16-11-15-9-6-10-17(18(15)12-16)14-7-4-3-5-8-14;;;;;;/h8-13H,1-7H3;3-13H,1-2H3;2*1H3;2*1H;;/q4*-1;;;;. The van der Waals surface area contributed by atoms with Crippen LogP contribution in [-0.2, 0) is 28.8 Å². The molecular formula is C43H52Cl2SiZr-4. The molecule has 4 heteroatoms. The molecule has 2 radical (unpaired) electrons. The van der Waals surface area contributed by atoms with E-state index in [1.807, 2.05) is 0 Å². The SMILES string of the molecule is CC(C)c1cc2c(-c3ccccc3)cccc2[cH-]1.Cc1cc2c(-c3ccc(C(C)(C)C)cc3)c(C)c(C)c(C)c2[cH-]1.Cl.Cl.[CH3-].[CH3-].[Si]=[Zr]. The van der Waals surface area contributed by atoms with Crippen LogP contribution in [-0.4, -0.2) is 6.88 Å². The number of rotatable bonds is 3. The first-order valence-electron chi connectivity index (χ1n) is 15.2. The second-order valence-corrected chi connectivity index (χ2v) is 13.1. The van der Waals surface area contributed by atoms with Gasteiger partial charge in [-0.3, -0.25) is 0 Å². The number of hydrogen-bond acceptors (Lipinski definition) is 0. The fourth-order valence-electron chi connectivity index (χ4n) is 6.01. The number of benzene rings is 4. The molecule has 0 atom stereocenters. The molecule has 0 nitrogen and oxygen atoms in total. The molecule has 0 amide bonds. The third kappa shape index (κ3) is 9.92. The van der Waals surface area contributed by atoms with E-state index in [-0.39, 0.29) is 45.1 Å². The fraction of sp³-hybridized carbons (Fsp3) is 0.256. The first-order valence-corrected chi connectivity index (χ1v) is 19.4. The number of fused-ring (bicyclic) bond motifs is 2. The molecule has 0 aromatic heterocycles. The Morgan fingerprint density at radius 3 is 1.79 bits per heavy atom. The van der Waals surface area contributed by atoms with Gasteiger partial charge in [0.15, 0.2) is 0 Å². The molecule has 250 valence electrons. The van der Waals surface area contributed by atoms with Gasteiger partial charge >= 0.3 is 30.2 Å². The Morgan fingerprint density at radius 1 is 0.638 bits per heavy atom. The molecule has 0 aliphatic heterocycles. The van der Waals surface area contributed by atoms with Gasteiger partial charge in [0, 0.05) is 0 Å². The summed E-state index contributed by atoms with van der Waals surface area (Å²) >= 11 is 1.36. The third-order valence-corrected chi connectivity index (χ3v) is 8.77. The molecule has 0 aliphatic carbocycles. The molecule has 0 aliphatic rings. The molecule has 0 saturated carbocycles. The first-order chi connectivity index (χ1) is 20.5. The van der Waals surface area contributed by atoms with E-state index in [4.69, 9.17) is 0 Å². The van der Waals surface area contributed by atoms with Crippen molar-refractivity contribution in [2.45, 2.75) is 73.6 Å². The average molecular weight is 759 g/mol. The van der Waals surface area contributed by atoms with Gasteiger partial charge in [0.2, 0.25) is 0 Å². The molecule has 0 fully saturated rings. The summed E-state index contributed by atoms with van der Waals surface area (Å²) in [6, 6.07) is 35.6. The molecule has 0 spiro atoms. The van der Waals surface area contributed by atoms with Crippen molar-refractivity contribution in [3.63, 3.8) is 0 Å². The van der Waals surface area contributed by atoms with Gasteiger partial charge in [0.05, 0.1) is 0 Å². The van der Waals surface area contributed by atoms with Gasteiger partial charge in [0.25, 0.3) is 0 Å². The Kier molecular flexibility index (Phi) is 18.2. The predicted molar refractivity (Wildman–Crippen MR) is 215 cm³/mol. The summed E-state index contributed by atoms with van der Waals surface area (Å²) in [5.41, 5.74) is 14.0. The van der Waals surface area contributed by atoms with Crippen molar-refractivity contribution in [2.24, 2.45) is 0 Å². The molecule has 6 aromatic rings. The van der Waals surface area contributed by atoms with Crippen LogP contribution in [0.4, 0.5) is 0 Å². The van der Waals surface area contributed by atoms with E-state index in [2.05, 4.69) is 166 Å². The van der Waals surface area contributed by atoms with E-state index in [1.165, 1.54) is 101 Å². The van der Waals surface area contributed by atoms with Crippen molar-refractivity contribution in [2.75, 3.05) is 0 Å².